The van der Waals surface area contributed by atoms with Gasteiger partial charge in [-0.15, -0.1) is 0 Å². The Kier molecular flexibility index (Phi) is 4.47. The van der Waals surface area contributed by atoms with Crippen molar-refractivity contribution in [1.29, 1.82) is 0 Å². The zero-order valence-corrected chi connectivity index (χ0v) is 11.6. The molecule has 2 rings (SSSR count). The Morgan fingerprint density at radius 2 is 2.00 bits per heavy atom. The van der Waals surface area contributed by atoms with Crippen molar-refractivity contribution in [3.63, 3.8) is 0 Å². The summed E-state index contributed by atoms with van der Waals surface area (Å²) in [4.78, 5) is 22.4. The SMILES string of the molecule is Cc1ccccc1NC(=O)CSc1ccc(C(=O)O)o1. The number of hydrogen-bond acceptors (Lipinski definition) is 4. The number of aromatic carboxylic acids is 1. The minimum Gasteiger partial charge on any atom is -0.475 e. The topological polar surface area (TPSA) is 79.5 Å². The molecule has 0 aliphatic carbocycles. The zero-order chi connectivity index (χ0) is 14.5. The Morgan fingerprint density at radius 3 is 2.65 bits per heavy atom. The zero-order valence-electron chi connectivity index (χ0n) is 10.8. The molecule has 6 heteroatoms. The van der Waals surface area contributed by atoms with Gasteiger partial charge in [-0.25, -0.2) is 4.79 Å². The number of amides is 1. The largest absolute Gasteiger partial charge is 0.475 e. The van der Waals surface area contributed by atoms with E-state index in [1.807, 2.05) is 31.2 Å². The van der Waals surface area contributed by atoms with Gasteiger partial charge in [-0.2, -0.15) is 0 Å². The molecule has 104 valence electrons. The van der Waals surface area contributed by atoms with Crippen LogP contribution in [-0.2, 0) is 4.79 Å². The number of nitrogens with one attached hydrogen (secondary N) is 1. The standard InChI is InChI=1S/C14H13NO4S/c1-9-4-2-3-5-10(9)15-12(16)8-20-13-7-6-11(19-13)14(17)18/h2-7H,8H2,1H3,(H,15,16)(H,17,18). The van der Waals surface area contributed by atoms with Gasteiger partial charge in [0.1, 0.15) is 0 Å². The van der Waals surface area contributed by atoms with Gasteiger partial charge in [-0.1, -0.05) is 30.0 Å². The van der Waals surface area contributed by atoms with Gasteiger partial charge < -0.3 is 14.8 Å². The molecule has 0 aliphatic rings. The summed E-state index contributed by atoms with van der Waals surface area (Å²) in [6, 6.07) is 10.4. The van der Waals surface area contributed by atoms with E-state index in [2.05, 4.69) is 5.32 Å². The van der Waals surface area contributed by atoms with Gasteiger partial charge in [0.2, 0.25) is 11.7 Å². The van der Waals surface area contributed by atoms with Gasteiger partial charge in [0, 0.05) is 5.69 Å². The normalized spacial score (nSPS) is 10.2. The Bertz CT molecular complexity index is 636. The molecule has 0 aliphatic heterocycles. The third-order valence-electron chi connectivity index (χ3n) is 2.56. The first-order valence-electron chi connectivity index (χ1n) is 5.87. The maximum atomic E-state index is 11.8. The van der Waals surface area contributed by atoms with E-state index < -0.39 is 5.97 Å². The number of benzene rings is 1. The predicted molar refractivity (Wildman–Crippen MR) is 76.2 cm³/mol. The van der Waals surface area contributed by atoms with Crippen LogP contribution in [0.3, 0.4) is 0 Å². The van der Waals surface area contributed by atoms with Crippen molar-refractivity contribution in [3.8, 4) is 0 Å². The molecule has 2 aromatic rings. The number of carboxylic acids is 1. The number of thioether (sulfide) groups is 1. The van der Waals surface area contributed by atoms with Crippen LogP contribution in [0.5, 0.6) is 0 Å². The minimum atomic E-state index is -1.12. The van der Waals surface area contributed by atoms with Crippen molar-refractivity contribution in [2.24, 2.45) is 0 Å². The second kappa shape index (κ2) is 6.29. The molecule has 1 amide bonds. The van der Waals surface area contributed by atoms with E-state index in [9.17, 15) is 9.59 Å². The van der Waals surface area contributed by atoms with Gasteiger partial charge in [0.05, 0.1) is 5.75 Å². The quantitative estimate of drug-likeness (QED) is 0.828. The summed E-state index contributed by atoms with van der Waals surface area (Å²) in [5.41, 5.74) is 1.75. The summed E-state index contributed by atoms with van der Waals surface area (Å²) in [5.74, 6) is -1.27. The lowest BCUT2D eigenvalue weighted by Crippen LogP contribution is -2.14. The fraction of sp³-hybridized carbons (Fsp3) is 0.143. The number of carbonyl (C=O) groups excluding carboxylic acids is 1. The molecule has 1 aromatic heterocycles. The number of hydrogen-bond donors (Lipinski definition) is 2. The first-order valence-corrected chi connectivity index (χ1v) is 6.86. The molecule has 0 atom stereocenters. The van der Waals surface area contributed by atoms with E-state index in [0.29, 0.717) is 5.09 Å². The summed E-state index contributed by atoms with van der Waals surface area (Å²) in [6.07, 6.45) is 0. The van der Waals surface area contributed by atoms with Crippen molar-refractivity contribution in [1.82, 2.24) is 0 Å². The average molecular weight is 291 g/mol. The monoisotopic (exact) mass is 291 g/mol. The highest BCUT2D eigenvalue weighted by Gasteiger charge is 2.11. The van der Waals surface area contributed by atoms with E-state index in [-0.39, 0.29) is 17.4 Å². The highest BCUT2D eigenvalue weighted by molar-refractivity contribution is 7.99. The van der Waals surface area contributed by atoms with Crippen LogP contribution in [0.25, 0.3) is 0 Å². The van der Waals surface area contributed by atoms with E-state index >= 15 is 0 Å². The number of carboxylic acid groups (broad SMARTS) is 1. The van der Waals surface area contributed by atoms with E-state index in [0.717, 1.165) is 23.0 Å². The molecule has 0 bridgehead atoms. The molecule has 20 heavy (non-hydrogen) atoms. The highest BCUT2D eigenvalue weighted by atomic mass is 32.2. The lowest BCUT2D eigenvalue weighted by atomic mass is 10.2. The molecule has 1 heterocycles. The molecular weight excluding hydrogens is 278 g/mol. The lowest BCUT2D eigenvalue weighted by Gasteiger charge is -2.06. The van der Waals surface area contributed by atoms with Crippen molar-refractivity contribution >= 4 is 29.3 Å². The average Bonchev–Trinajstić information content (AvgIpc) is 2.88. The highest BCUT2D eigenvalue weighted by Crippen LogP contribution is 2.21. The summed E-state index contributed by atoms with van der Waals surface area (Å²) < 4.78 is 5.05. The van der Waals surface area contributed by atoms with E-state index in [4.69, 9.17) is 9.52 Å². The second-order valence-corrected chi connectivity index (χ2v) is 5.06. The van der Waals surface area contributed by atoms with Gasteiger partial charge in [-0.3, -0.25) is 4.79 Å². The molecule has 2 N–H and O–H groups in total. The summed E-state index contributed by atoms with van der Waals surface area (Å²) >= 11 is 1.15. The first-order chi connectivity index (χ1) is 9.56. The molecule has 0 radical (unpaired) electrons. The third-order valence-corrected chi connectivity index (χ3v) is 3.47. The van der Waals surface area contributed by atoms with Crippen molar-refractivity contribution in [3.05, 3.63) is 47.7 Å². The Labute approximate surface area is 120 Å². The van der Waals surface area contributed by atoms with Gasteiger partial charge in [-0.05, 0) is 30.7 Å². The Balaban J connectivity index is 1.89. The smallest absolute Gasteiger partial charge is 0.371 e. The fourth-order valence-corrected chi connectivity index (χ4v) is 2.21. The molecule has 0 spiro atoms. The lowest BCUT2D eigenvalue weighted by molar-refractivity contribution is -0.113. The number of para-hydroxylation sites is 1. The van der Waals surface area contributed by atoms with Crippen LogP contribution in [0, 0.1) is 6.92 Å². The van der Waals surface area contributed by atoms with Crippen LogP contribution in [0.4, 0.5) is 5.69 Å². The van der Waals surface area contributed by atoms with Crippen molar-refractivity contribution in [2.45, 2.75) is 12.0 Å². The Morgan fingerprint density at radius 1 is 1.25 bits per heavy atom. The maximum absolute atomic E-state index is 11.8. The molecule has 0 unspecified atom stereocenters. The third kappa shape index (κ3) is 3.64. The van der Waals surface area contributed by atoms with Crippen LogP contribution in [-0.4, -0.2) is 22.7 Å². The van der Waals surface area contributed by atoms with Crippen molar-refractivity contribution < 1.29 is 19.1 Å². The van der Waals surface area contributed by atoms with Crippen LogP contribution in [0.2, 0.25) is 0 Å². The first kappa shape index (κ1) is 14.2. The second-order valence-electron chi connectivity index (χ2n) is 4.08. The van der Waals surface area contributed by atoms with Gasteiger partial charge in [0.25, 0.3) is 0 Å². The number of rotatable bonds is 5. The molecule has 0 fully saturated rings. The van der Waals surface area contributed by atoms with Crippen molar-refractivity contribution in [2.75, 3.05) is 11.1 Å². The molecule has 0 saturated heterocycles. The number of aryl methyl sites for hydroxylation is 1. The van der Waals surface area contributed by atoms with Crippen LogP contribution < -0.4 is 5.32 Å². The number of furan rings is 1. The molecule has 5 nitrogen and oxygen atoms in total. The number of anilines is 1. The molecular formula is C14H13NO4S. The van der Waals surface area contributed by atoms with Gasteiger partial charge in [0.15, 0.2) is 5.09 Å². The van der Waals surface area contributed by atoms with Crippen LogP contribution in [0.15, 0.2) is 45.9 Å². The summed E-state index contributed by atoms with van der Waals surface area (Å²) in [5, 5.41) is 11.9. The minimum absolute atomic E-state index is 0.133. The van der Waals surface area contributed by atoms with Crippen LogP contribution in [0.1, 0.15) is 16.1 Å². The number of carbonyl (C=O) groups is 2. The molecule has 0 saturated carbocycles. The van der Waals surface area contributed by atoms with Crippen LogP contribution >= 0.6 is 11.8 Å². The maximum Gasteiger partial charge on any atom is 0.371 e. The van der Waals surface area contributed by atoms with E-state index in [1.165, 1.54) is 12.1 Å². The summed E-state index contributed by atoms with van der Waals surface area (Å²) in [6.45, 7) is 1.91. The summed E-state index contributed by atoms with van der Waals surface area (Å²) in [7, 11) is 0. The Hall–Kier alpha value is -2.21. The fourth-order valence-electron chi connectivity index (χ4n) is 1.55. The predicted octanol–water partition coefficient (Wildman–Crippen LogP) is 3.02. The molecule has 1 aromatic carbocycles. The van der Waals surface area contributed by atoms with Gasteiger partial charge >= 0.3 is 5.97 Å². The van der Waals surface area contributed by atoms with E-state index in [1.54, 1.807) is 0 Å².